The van der Waals surface area contributed by atoms with Crippen LogP contribution in [0.3, 0.4) is 0 Å². The van der Waals surface area contributed by atoms with Gasteiger partial charge in [-0.3, -0.25) is 4.79 Å². The topological polar surface area (TPSA) is 118 Å². The second-order valence-electron chi connectivity index (χ2n) is 8.63. The van der Waals surface area contributed by atoms with Gasteiger partial charge in [0.1, 0.15) is 17.2 Å². The van der Waals surface area contributed by atoms with Crippen molar-refractivity contribution in [3.63, 3.8) is 0 Å². The van der Waals surface area contributed by atoms with E-state index in [1.807, 2.05) is 0 Å². The summed E-state index contributed by atoms with van der Waals surface area (Å²) in [5.74, 6) is -0.499. The Morgan fingerprint density at radius 1 is 1.28 bits per heavy atom. The van der Waals surface area contributed by atoms with Gasteiger partial charge in [-0.2, -0.15) is 15.0 Å². The highest BCUT2D eigenvalue weighted by atomic mass is 19.1. The van der Waals surface area contributed by atoms with Crippen LogP contribution in [0, 0.1) is 12.7 Å². The van der Waals surface area contributed by atoms with E-state index in [9.17, 15) is 14.3 Å². The molecule has 9 nitrogen and oxygen atoms in total. The van der Waals surface area contributed by atoms with E-state index in [0.29, 0.717) is 34.0 Å². The molecule has 0 spiro atoms. The van der Waals surface area contributed by atoms with Crippen LogP contribution in [0.2, 0.25) is 0 Å². The maximum Gasteiger partial charge on any atom is 0.254 e. The van der Waals surface area contributed by atoms with Crippen LogP contribution in [-0.2, 0) is 7.05 Å². The summed E-state index contributed by atoms with van der Waals surface area (Å²) >= 11 is 0. The highest BCUT2D eigenvalue weighted by Crippen LogP contribution is 2.40. The zero-order valence-corrected chi connectivity index (χ0v) is 17.9. The van der Waals surface area contributed by atoms with Crippen molar-refractivity contribution in [3.05, 3.63) is 41.5 Å². The number of benzene rings is 1. The van der Waals surface area contributed by atoms with Crippen molar-refractivity contribution >= 4 is 11.7 Å². The van der Waals surface area contributed by atoms with Crippen LogP contribution in [0.25, 0.3) is 22.6 Å². The van der Waals surface area contributed by atoms with Gasteiger partial charge in [0, 0.05) is 18.7 Å². The number of aliphatic hydroxyl groups excluding tert-OH is 1. The molecule has 10 heteroatoms. The van der Waals surface area contributed by atoms with Crippen LogP contribution < -0.4 is 10.6 Å². The van der Waals surface area contributed by atoms with E-state index in [-0.39, 0.29) is 18.2 Å². The second-order valence-corrected chi connectivity index (χ2v) is 8.63. The Hall–Kier alpha value is -3.40. The lowest BCUT2D eigenvalue weighted by molar-refractivity contribution is 0.0947. The van der Waals surface area contributed by atoms with Crippen LogP contribution in [0.15, 0.2) is 24.5 Å². The number of amides is 1. The first-order chi connectivity index (χ1) is 15.4. The van der Waals surface area contributed by atoms with Crippen LogP contribution in [0.5, 0.6) is 0 Å². The predicted molar refractivity (Wildman–Crippen MR) is 115 cm³/mol. The number of rotatable bonds is 7. The van der Waals surface area contributed by atoms with Crippen molar-refractivity contribution in [1.29, 1.82) is 0 Å². The molecule has 2 heterocycles. The fourth-order valence-corrected chi connectivity index (χ4v) is 3.58. The summed E-state index contributed by atoms with van der Waals surface area (Å²) in [6.45, 7) is 1.76. The molecule has 0 radical (unpaired) electrons. The third-order valence-electron chi connectivity index (χ3n) is 5.90. The Morgan fingerprint density at radius 3 is 2.69 bits per heavy atom. The quantitative estimate of drug-likeness (QED) is 0.519. The summed E-state index contributed by atoms with van der Waals surface area (Å²) in [6, 6.07) is 3.00. The number of hydrogen-bond acceptors (Lipinski definition) is 7. The Labute approximate surface area is 184 Å². The van der Waals surface area contributed by atoms with E-state index in [0.717, 1.165) is 25.7 Å². The van der Waals surface area contributed by atoms with Crippen molar-refractivity contribution < 1.29 is 14.3 Å². The third kappa shape index (κ3) is 3.93. The molecule has 0 saturated heterocycles. The number of halogens is 1. The van der Waals surface area contributed by atoms with Gasteiger partial charge >= 0.3 is 0 Å². The van der Waals surface area contributed by atoms with Gasteiger partial charge in [-0.05, 0) is 50.3 Å². The van der Waals surface area contributed by atoms with E-state index in [4.69, 9.17) is 4.98 Å². The Kier molecular flexibility index (Phi) is 4.89. The molecule has 2 aromatic heterocycles. The molecule has 166 valence electrons. The van der Waals surface area contributed by atoms with Crippen LogP contribution in [-0.4, -0.2) is 54.2 Å². The summed E-state index contributed by atoms with van der Waals surface area (Å²) in [6.07, 6.45) is 6.68. The monoisotopic (exact) mass is 437 g/mol. The standard InChI is InChI=1S/C22H24FN7O2/c1-12-7-16(23)15(21(32)26-13-3-4-13)8-14(12)17-9-24-20(28-22(11-31)5-6-22)19(27-17)18-10-25-30(2)29-18/h7-10,13,31H,3-6,11H2,1-2H3,(H,24,28)(H,26,32). The zero-order chi connectivity index (χ0) is 22.5. The summed E-state index contributed by atoms with van der Waals surface area (Å²) in [5, 5.41) is 24.3. The average molecular weight is 437 g/mol. The fraction of sp³-hybridized carbons (Fsp3) is 0.409. The Balaban J connectivity index is 1.57. The number of nitrogens with one attached hydrogen (secondary N) is 2. The Bertz CT molecular complexity index is 1200. The molecule has 0 atom stereocenters. The van der Waals surface area contributed by atoms with Crippen molar-refractivity contribution in [2.75, 3.05) is 11.9 Å². The summed E-state index contributed by atoms with van der Waals surface area (Å²) in [5.41, 5.74) is 2.32. The van der Waals surface area contributed by atoms with Crippen LogP contribution in [0.1, 0.15) is 41.6 Å². The summed E-state index contributed by atoms with van der Waals surface area (Å²) in [7, 11) is 1.71. The van der Waals surface area contributed by atoms with E-state index < -0.39 is 17.3 Å². The molecule has 0 unspecified atom stereocenters. The minimum atomic E-state index is -0.566. The normalized spacial score (nSPS) is 16.6. The number of hydrogen-bond donors (Lipinski definition) is 3. The second kappa shape index (κ2) is 7.63. The first-order valence-electron chi connectivity index (χ1n) is 10.6. The molecule has 3 N–H and O–H groups in total. The number of anilines is 1. The summed E-state index contributed by atoms with van der Waals surface area (Å²) < 4.78 is 14.6. The van der Waals surface area contributed by atoms with E-state index in [1.54, 1.807) is 26.4 Å². The molecular weight excluding hydrogens is 413 g/mol. The molecule has 2 aliphatic rings. The lowest BCUT2D eigenvalue weighted by Gasteiger charge is -2.18. The summed E-state index contributed by atoms with van der Waals surface area (Å²) in [4.78, 5) is 23.3. The molecule has 5 rings (SSSR count). The highest BCUT2D eigenvalue weighted by molar-refractivity contribution is 5.96. The van der Waals surface area contributed by atoms with Crippen molar-refractivity contribution in [2.24, 2.45) is 7.05 Å². The molecule has 32 heavy (non-hydrogen) atoms. The molecular formula is C22H24FN7O2. The molecule has 1 aromatic carbocycles. The van der Waals surface area contributed by atoms with Gasteiger partial charge in [0.25, 0.3) is 5.91 Å². The van der Waals surface area contributed by atoms with Crippen molar-refractivity contribution in [3.8, 4) is 22.6 Å². The highest BCUT2D eigenvalue weighted by Gasteiger charge is 2.43. The minimum Gasteiger partial charge on any atom is -0.394 e. The van der Waals surface area contributed by atoms with Crippen LogP contribution >= 0.6 is 0 Å². The number of carbonyl (C=O) groups is 1. The van der Waals surface area contributed by atoms with Crippen molar-refractivity contribution in [2.45, 2.75) is 44.2 Å². The SMILES string of the molecule is Cc1cc(F)c(C(=O)NC2CC2)cc1-c1cnc(NC2(CO)CC2)c(-c2cnn(C)n2)n1. The van der Waals surface area contributed by atoms with Gasteiger partial charge < -0.3 is 15.7 Å². The molecule has 2 fully saturated rings. The van der Waals surface area contributed by atoms with Gasteiger partial charge in [-0.1, -0.05) is 0 Å². The van der Waals surface area contributed by atoms with Crippen LogP contribution in [0.4, 0.5) is 10.2 Å². The van der Waals surface area contributed by atoms with Gasteiger partial charge in [0.2, 0.25) is 0 Å². The molecule has 2 aliphatic carbocycles. The van der Waals surface area contributed by atoms with Gasteiger partial charge in [-0.15, -0.1) is 0 Å². The van der Waals surface area contributed by atoms with Gasteiger partial charge in [0.15, 0.2) is 5.82 Å². The van der Waals surface area contributed by atoms with E-state index in [2.05, 4.69) is 25.8 Å². The maximum absolute atomic E-state index is 14.6. The minimum absolute atomic E-state index is 0.00707. The molecule has 1 amide bonds. The number of nitrogens with zero attached hydrogens (tertiary/aromatic N) is 5. The van der Waals surface area contributed by atoms with E-state index in [1.165, 1.54) is 16.9 Å². The molecule has 0 aliphatic heterocycles. The predicted octanol–water partition coefficient (Wildman–Crippen LogP) is 2.22. The average Bonchev–Trinajstić information content (AvgIpc) is 3.69. The lowest BCUT2D eigenvalue weighted by atomic mass is 10.0. The molecule has 0 bridgehead atoms. The van der Waals surface area contributed by atoms with Gasteiger partial charge in [-0.25, -0.2) is 14.4 Å². The fourth-order valence-electron chi connectivity index (χ4n) is 3.58. The largest absolute Gasteiger partial charge is 0.394 e. The molecule has 2 saturated carbocycles. The third-order valence-corrected chi connectivity index (χ3v) is 5.90. The first-order valence-corrected chi connectivity index (χ1v) is 10.6. The Morgan fingerprint density at radius 2 is 2.06 bits per heavy atom. The van der Waals surface area contributed by atoms with Gasteiger partial charge in [0.05, 0.1) is 35.8 Å². The zero-order valence-electron chi connectivity index (χ0n) is 17.9. The lowest BCUT2D eigenvalue weighted by Crippen LogP contribution is -2.27. The first kappa shape index (κ1) is 20.5. The molecule has 3 aromatic rings. The number of aliphatic hydroxyl groups is 1. The number of aryl methyl sites for hydroxylation is 2. The smallest absolute Gasteiger partial charge is 0.254 e. The van der Waals surface area contributed by atoms with Crippen molar-refractivity contribution in [1.82, 2.24) is 30.3 Å². The number of aromatic nitrogens is 5. The maximum atomic E-state index is 14.6. The van der Waals surface area contributed by atoms with E-state index >= 15 is 0 Å². The number of carbonyl (C=O) groups excluding carboxylic acids is 1.